The van der Waals surface area contributed by atoms with Gasteiger partial charge in [0.05, 0.1) is 42.8 Å². The van der Waals surface area contributed by atoms with E-state index < -0.39 is 0 Å². The number of rotatable bonds is 8. The number of nitrogens with one attached hydrogen (secondary N) is 1. The Morgan fingerprint density at radius 3 is 2.72 bits per heavy atom. The molecule has 168 valence electrons. The zero-order valence-electron chi connectivity index (χ0n) is 18.0. The first kappa shape index (κ1) is 22.3. The van der Waals surface area contributed by atoms with Gasteiger partial charge >= 0.3 is 0 Å². The zero-order valence-corrected chi connectivity index (χ0v) is 18.7. The Morgan fingerprint density at radius 1 is 1.22 bits per heavy atom. The third kappa shape index (κ3) is 5.85. The number of benzene rings is 1. The zero-order chi connectivity index (χ0) is 22.3. The van der Waals surface area contributed by atoms with E-state index in [1.54, 1.807) is 29.2 Å². The summed E-state index contributed by atoms with van der Waals surface area (Å²) in [4.78, 5) is 19.3. The predicted molar refractivity (Wildman–Crippen MR) is 123 cm³/mol. The molecule has 0 bridgehead atoms. The lowest BCUT2D eigenvalue weighted by Crippen LogP contribution is -2.38. The molecule has 8 nitrogen and oxygen atoms in total. The molecule has 0 unspecified atom stereocenters. The number of amides is 1. The smallest absolute Gasteiger partial charge is 0.228 e. The van der Waals surface area contributed by atoms with Crippen LogP contribution in [-0.2, 0) is 23.0 Å². The second-order valence-electron chi connectivity index (χ2n) is 7.57. The van der Waals surface area contributed by atoms with Crippen molar-refractivity contribution in [3.8, 4) is 17.1 Å². The first-order valence-electron chi connectivity index (χ1n) is 10.5. The van der Waals surface area contributed by atoms with Crippen LogP contribution in [0.15, 0.2) is 48.8 Å². The molecule has 32 heavy (non-hydrogen) atoms. The van der Waals surface area contributed by atoms with Crippen LogP contribution in [0.2, 0.25) is 5.02 Å². The average Bonchev–Trinajstić information content (AvgIpc) is 3.22. The third-order valence-electron chi connectivity index (χ3n) is 5.26. The number of anilines is 1. The van der Waals surface area contributed by atoms with Gasteiger partial charge in [0.25, 0.3) is 0 Å². The van der Waals surface area contributed by atoms with Crippen LogP contribution in [0.3, 0.4) is 0 Å². The molecule has 0 atom stereocenters. The highest BCUT2D eigenvalue weighted by Gasteiger charge is 2.16. The van der Waals surface area contributed by atoms with Crippen molar-refractivity contribution in [3.63, 3.8) is 0 Å². The summed E-state index contributed by atoms with van der Waals surface area (Å²) in [5.74, 6) is 0.378. The number of pyridine rings is 1. The molecule has 0 radical (unpaired) electrons. The fourth-order valence-corrected chi connectivity index (χ4v) is 3.67. The lowest BCUT2D eigenvalue weighted by molar-refractivity contribution is -0.115. The number of carbonyl (C=O) groups is 1. The number of aryl methyl sites for hydroxylation is 1. The van der Waals surface area contributed by atoms with Crippen LogP contribution >= 0.6 is 11.6 Å². The lowest BCUT2D eigenvalue weighted by atomic mass is 10.1. The van der Waals surface area contributed by atoms with E-state index >= 15 is 0 Å². The molecule has 9 heteroatoms. The highest BCUT2D eigenvalue weighted by atomic mass is 35.5. The quantitative estimate of drug-likeness (QED) is 0.562. The topological polar surface area (TPSA) is 81.5 Å². The summed E-state index contributed by atoms with van der Waals surface area (Å²) < 4.78 is 13.2. The van der Waals surface area contributed by atoms with Crippen molar-refractivity contribution < 1.29 is 14.3 Å². The van der Waals surface area contributed by atoms with Crippen LogP contribution in [0.1, 0.15) is 5.56 Å². The van der Waals surface area contributed by atoms with Crippen LogP contribution < -0.4 is 10.1 Å². The second-order valence-corrected chi connectivity index (χ2v) is 8.01. The molecule has 3 heterocycles. The van der Waals surface area contributed by atoms with Crippen LogP contribution in [0.5, 0.6) is 5.88 Å². The van der Waals surface area contributed by atoms with Crippen molar-refractivity contribution in [2.24, 2.45) is 7.05 Å². The molecule has 1 amide bonds. The molecule has 1 fully saturated rings. The number of ether oxygens (including phenoxy) is 2. The molecular formula is C23H26ClN5O3. The summed E-state index contributed by atoms with van der Waals surface area (Å²) in [6, 6.07) is 11.0. The van der Waals surface area contributed by atoms with Gasteiger partial charge in [0.2, 0.25) is 11.8 Å². The number of hydrogen-bond donors (Lipinski definition) is 1. The number of hydrogen-bond acceptors (Lipinski definition) is 6. The standard InChI is InChI=1S/C23H26ClN5O3/c1-28-21(6-7-26-28)20-15-19(27-22(30)14-17-2-4-18(24)5-3-17)16-25-23(20)32-13-10-29-8-11-31-12-9-29/h2-7,15-16H,8-14H2,1H3,(H,27,30). The third-order valence-corrected chi connectivity index (χ3v) is 5.51. The molecule has 1 aliphatic rings. The van der Waals surface area contributed by atoms with Gasteiger partial charge in [-0.3, -0.25) is 14.4 Å². The monoisotopic (exact) mass is 455 g/mol. The van der Waals surface area contributed by atoms with Crippen LogP contribution in [0.25, 0.3) is 11.3 Å². The Hall–Kier alpha value is -2.94. The van der Waals surface area contributed by atoms with E-state index in [1.165, 1.54) is 0 Å². The molecular weight excluding hydrogens is 430 g/mol. The van der Waals surface area contributed by atoms with Gasteiger partial charge in [-0.25, -0.2) is 4.98 Å². The molecule has 0 saturated carbocycles. The number of nitrogens with zero attached hydrogens (tertiary/aromatic N) is 4. The van der Waals surface area contributed by atoms with Crippen molar-refractivity contribution in [1.29, 1.82) is 0 Å². The molecule has 0 spiro atoms. The molecule has 1 aromatic carbocycles. The largest absolute Gasteiger partial charge is 0.476 e. The Kier molecular flexibility index (Phi) is 7.36. The van der Waals surface area contributed by atoms with Gasteiger partial charge in [-0.2, -0.15) is 5.10 Å². The lowest BCUT2D eigenvalue weighted by Gasteiger charge is -2.26. The fourth-order valence-electron chi connectivity index (χ4n) is 3.55. The van der Waals surface area contributed by atoms with E-state index in [2.05, 4.69) is 20.3 Å². The van der Waals surface area contributed by atoms with Crippen LogP contribution in [0, 0.1) is 0 Å². The van der Waals surface area contributed by atoms with Gasteiger partial charge in [-0.05, 0) is 29.8 Å². The van der Waals surface area contributed by atoms with Gasteiger partial charge in [0.15, 0.2) is 0 Å². The molecule has 1 saturated heterocycles. The first-order chi connectivity index (χ1) is 15.6. The van der Waals surface area contributed by atoms with Gasteiger partial charge in [0, 0.05) is 37.9 Å². The van der Waals surface area contributed by atoms with E-state index in [9.17, 15) is 4.79 Å². The summed E-state index contributed by atoms with van der Waals surface area (Å²) in [7, 11) is 1.86. The molecule has 1 N–H and O–H groups in total. The second kappa shape index (κ2) is 10.6. The van der Waals surface area contributed by atoms with E-state index in [0.717, 1.165) is 49.7 Å². The molecule has 0 aliphatic carbocycles. The average molecular weight is 456 g/mol. The minimum absolute atomic E-state index is 0.133. The summed E-state index contributed by atoms with van der Waals surface area (Å²) in [5, 5.41) is 7.82. The molecule has 1 aliphatic heterocycles. The van der Waals surface area contributed by atoms with Crippen molar-refractivity contribution in [2.45, 2.75) is 6.42 Å². The van der Waals surface area contributed by atoms with Crippen LogP contribution in [0.4, 0.5) is 5.69 Å². The maximum absolute atomic E-state index is 12.5. The number of aromatic nitrogens is 3. The molecule has 3 aromatic rings. The SMILES string of the molecule is Cn1nccc1-c1cc(NC(=O)Cc2ccc(Cl)cc2)cnc1OCCN1CCOCC1. The minimum atomic E-state index is -0.133. The maximum Gasteiger partial charge on any atom is 0.228 e. The Labute approximate surface area is 192 Å². The number of carbonyl (C=O) groups excluding carboxylic acids is 1. The van der Waals surface area contributed by atoms with E-state index in [-0.39, 0.29) is 12.3 Å². The van der Waals surface area contributed by atoms with Crippen molar-refractivity contribution in [2.75, 3.05) is 44.8 Å². The highest BCUT2D eigenvalue weighted by molar-refractivity contribution is 6.30. The molecule has 2 aromatic heterocycles. The van der Waals surface area contributed by atoms with E-state index in [0.29, 0.717) is 23.2 Å². The first-order valence-corrected chi connectivity index (χ1v) is 10.9. The summed E-state index contributed by atoms with van der Waals surface area (Å²) in [6.07, 6.45) is 3.58. The van der Waals surface area contributed by atoms with Crippen molar-refractivity contribution >= 4 is 23.2 Å². The Bertz CT molecular complexity index is 1050. The predicted octanol–water partition coefficient (Wildman–Crippen LogP) is 3.03. The van der Waals surface area contributed by atoms with E-state index in [1.807, 2.05) is 31.3 Å². The van der Waals surface area contributed by atoms with E-state index in [4.69, 9.17) is 21.1 Å². The van der Waals surface area contributed by atoms with Crippen LogP contribution in [-0.4, -0.2) is 65.0 Å². The van der Waals surface area contributed by atoms with Gasteiger partial charge < -0.3 is 14.8 Å². The normalized spacial score (nSPS) is 14.3. The highest BCUT2D eigenvalue weighted by Crippen LogP contribution is 2.30. The van der Waals surface area contributed by atoms with Gasteiger partial charge in [0.1, 0.15) is 6.61 Å². The summed E-state index contributed by atoms with van der Waals surface area (Å²) in [6.45, 7) is 4.63. The summed E-state index contributed by atoms with van der Waals surface area (Å²) >= 11 is 5.92. The van der Waals surface area contributed by atoms with Crippen molar-refractivity contribution in [1.82, 2.24) is 19.7 Å². The Morgan fingerprint density at radius 2 is 2.00 bits per heavy atom. The summed E-state index contributed by atoms with van der Waals surface area (Å²) in [5.41, 5.74) is 3.11. The minimum Gasteiger partial charge on any atom is -0.476 e. The number of morpholine rings is 1. The fraction of sp³-hybridized carbons (Fsp3) is 0.348. The Balaban J connectivity index is 1.46. The molecule has 4 rings (SSSR count). The maximum atomic E-state index is 12.5. The van der Waals surface area contributed by atoms with Gasteiger partial charge in [-0.1, -0.05) is 23.7 Å². The van der Waals surface area contributed by atoms with Gasteiger partial charge in [-0.15, -0.1) is 0 Å². The van der Waals surface area contributed by atoms with Crippen molar-refractivity contribution in [3.05, 3.63) is 59.4 Å². The number of halogens is 1.